The van der Waals surface area contributed by atoms with Crippen LogP contribution in [-0.2, 0) is 6.18 Å². The molecule has 7 heteroatoms. The molecular weight excluding hydrogens is 273 g/mol. The second kappa shape index (κ2) is 4.59. The summed E-state index contributed by atoms with van der Waals surface area (Å²) in [4.78, 5) is 3.31. The number of rotatable bonds is 3. The SMILES string of the molecule is OC(c1ccc(-c2noc(C(F)(F)F)n2)cc1)C1CC1. The van der Waals surface area contributed by atoms with E-state index in [0.29, 0.717) is 11.5 Å². The lowest BCUT2D eigenvalue weighted by atomic mass is 10.0. The van der Waals surface area contributed by atoms with Crippen molar-refractivity contribution in [1.82, 2.24) is 10.1 Å². The molecule has 0 amide bonds. The highest BCUT2D eigenvalue weighted by atomic mass is 19.4. The molecule has 1 N–H and O–H groups in total. The molecule has 4 nitrogen and oxygen atoms in total. The van der Waals surface area contributed by atoms with Gasteiger partial charge in [-0.25, -0.2) is 0 Å². The van der Waals surface area contributed by atoms with Gasteiger partial charge in [0.05, 0.1) is 6.10 Å². The first-order valence-electron chi connectivity index (χ1n) is 6.14. The van der Waals surface area contributed by atoms with Gasteiger partial charge in [-0.1, -0.05) is 29.4 Å². The third-order valence-electron chi connectivity index (χ3n) is 3.25. The molecular formula is C13H11F3N2O2. The van der Waals surface area contributed by atoms with Crippen LogP contribution >= 0.6 is 0 Å². The fourth-order valence-corrected chi connectivity index (χ4v) is 1.97. The molecule has 0 aliphatic heterocycles. The smallest absolute Gasteiger partial charge is 0.388 e. The van der Waals surface area contributed by atoms with E-state index in [2.05, 4.69) is 14.7 Å². The molecule has 0 bridgehead atoms. The summed E-state index contributed by atoms with van der Waals surface area (Å²) in [5, 5.41) is 13.2. The minimum absolute atomic E-state index is 0.121. The molecule has 1 aliphatic rings. The van der Waals surface area contributed by atoms with Gasteiger partial charge < -0.3 is 9.63 Å². The summed E-state index contributed by atoms with van der Waals surface area (Å²) in [5.41, 5.74) is 1.16. The number of hydrogen-bond acceptors (Lipinski definition) is 4. The Morgan fingerprint density at radius 1 is 1.20 bits per heavy atom. The van der Waals surface area contributed by atoms with Gasteiger partial charge in [-0.2, -0.15) is 18.2 Å². The second-order valence-corrected chi connectivity index (χ2v) is 4.83. The van der Waals surface area contributed by atoms with Crippen molar-refractivity contribution in [3.05, 3.63) is 35.7 Å². The van der Waals surface area contributed by atoms with Crippen LogP contribution in [0.1, 0.15) is 30.4 Å². The summed E-state index contributed by atoms with van der Waals surface area (Å²) in [5.74, 6) is -1.19. The third-order valence-corrected chi connectivity index (χ3v) is 3.25. The summed E-state index contributed by atoms with van der Waals surface area (Å²) >= 11 is 0. The minimum atomic E-state index is -4.65. The summed E-state index contributed by atoms with van der Waals surface area (Å²) in [7, 11) is 0. The van der Waals surface area contributed by atoms with E-state index in [9.17, 15) is 18.3 Å². The molecule has 1 atom stereocenters. The standard InChI is InChI=1S/C13H11F3N2O2/c14-13(15,16)12-17-11(18-20-12)9-5-3-8(4-6-9)10(19)7-1-2-7/h3-7,10,19H,1-2H2. The lowest BCUT2D eigenvalue weighted by Gasteiger charge is -2.09. The number of aliphatic hydroxyl groups excluding tert-OH is 1. The number of alkyl halides is 3. The van der Waals surface area contributed by atoms with Crippen molar-refractivity contribution in [3.8, 4) is 11.4 Å². The lowest BCUT2D eigenvalue weighted by molar-refractivity contribution is -0.159. The van der Waals surface area contributed by atoms with Gasteiger partial charge in [-0.15, -0.1) is 0 Å². The molecule has 0 saturated heterocycles. The molecule has 1 unspecified atom stereocenters. The number of benzene rings is 1. The first-order valence-corrected chi connectivity index (χ1v) is 6.14. The topological polar surface area (TPSA) is 59.2 Å². The van der Waals surface area contributed by atoms with Crippen LogP contribution in [0.5, 0.6) is 0 Å². The second-order valence-electron chi connectivity index (χ2n) is 4.83. The number of halogens is 3. The third kappa shape index (κ3) is 2.53. The molecule has 1 saturated carbocycles. The maximum atomic E-state index is 12.4. The summed E-state index contributed by atoms with van der Waals surface area (Å²) in [6.45, 7) is 0. The Labute approximate surface area is 112 Å². The fourth-order valence-electron chi connectivity index (χ4n) is 1.97. The van der Waals surface area contributed by atoms with Gasteiger partial charge >= 0.3 is 12.1 Å². The fraction of sp³-hybridized carbons (Fsp3) is 0.385. The van der Waals surface area contributed by atoms with Crippen LogP contribution in [0.2, 0.25) is 0 Å². The van der Waals surface area contributed by atoms with Gasteiger partial charge in [0, 0.05) is 5.56 Å². The molecule has 1 aromatic carbocycles. The van der Waals surface area contributed by atoms with Crippen molar-refractivity contribution < 1.29 is 22.8 Å². The van der Waals surface area contributed by atoms with Gasteiger partial charge in [0.15, 0.2) is 0 Å². The Morgan fingerprint density at radius 2 is 1.85 bits per heavy atom. The van der Waals surface area contributed by atoms with E-state index in [1.54, 1.807) is 24.3 Å². The number of aromatic nitrogens is 2. The Bertz CT molecular complexity index is 603. The lowest BCUT2D eigenvalue weighted by Crippen LogP contribution is -2.04. The molecule has 106 valence electrons. The molecule has 3 rings (SSSR count). The number of hydrogen-bond donors (Lipinski definition) is 1. The van der Waals surface area contributed by atoms with E-state index in [-0.39, 0.29) is 5.82 Å². The predicted octanol–water partition coefficient (Wildman–Crippen LogP) is 3.20. The van der Waals surface area contributed by atoms with Crippen LogP contribution in [0.25, 0.3) is 11.4 Å². The Kier molecular flexibility index (Phi) is 3.01. The van der Waals surface area contributed by atoms with Gasteiger partial charge in [-0.05, 0) is 24.3 Å². The normalized spacial score (nSPS) is 17.2. The van der Waals surface area contributed by atoms with E-state index in [0.717, 1.165) is 18.4 Å². The van der Waals surface area contributed by atoms with Crippen LogP contribution in [0, 0.1) is 5.92 Å². The van der Waals surface area contributed by atoms with Crippen molar-refractivity contribution in [2.24, 2.45) is 5.92 Å². The van der Waals surface area contributed by atoms with E-state index < -0.39 is 18.2 Å². The molecule has 0 spiro atoms. The Morgan fingerprint density at radius 3 is 2.35 bits per heavy atom. The van der Waals surface area contributed by atoms with Gasteiger partial charge in [0.25, 0.3) is 0 Å². The van der Waals surface area contributed by atoms with Crippen molar-refractivity contribution in [3.63, 3.8) is 0 Å². The molecule has 1 aliphatic carbocycles. The summed E-state index contributed by atoms with van der Waals surface area (Å²) < 4.78 is 41.2. The molecule has 1 fully saturated rings. The highest BCUT2D eigenvalue weighted by molar-refractivity contribution is 5.54. The Balaban J connectivity index is 1.82. The van der Waals surface area contributed by atoms with Crippen molar-refractivity contribution in [1.29, 1.82) is 0 Å². The van der Waals surface area contributed by atoms with Gasteiger partial charge in [-0.3, -0.25) is 0 Å². The van der Waals surface area contributed by atoms with Crippen LogP contribution in [0.3, 0.4) is 0 Å². The van der Waals surface area contributed by atoms with Crippen molar-refractivity contribution in [2.75, 3.05) is 0 Å². The molecule has 20 heavy (non-hydrogen) atoms. The molecule has 0 radical (unpaired) electrons. The van der Waals surface area contributed by atoms with Gasteiger partial charge in [0.2, 0.25) is 5.82 Å². The summed E-state index contributed by atoms with van der Waals surface area (Å²) in [6, 6.07) is 6.49. The van der Waals surface area contributed by atoms with Crippen LogP contribution in [0.15, 0.2) is 28.8 Å². The largest absolute Gasteiger partial charge is 0.471 e. The average molecular weight is 284 g/mol. The minimum Gasteiger partial charge on any atom is -0.388 e. The highest BCUT2D eigenvalue weighted by Gasteiger charge is 2.38. The van der Waals surface area contributed by atoms with Crippen LogP contribution < -0.4 is 0 Å². The molecule has 1 heterocycles. The number of nitrogens with zero attached hydrogens (tertiary/aromatic N) is 2. The monoisotopic (exact) mass is 284 g/mol. The van der Waals surface area contributed by atoms with Crippen molar-refractivity contribution >= 4 is 0 Å². The van der Waals surface area contributed by atoms with Crippen LogP contribution in [-0.4, -0.2) is 15.2 Å². The number of aliphatic hydroxyl groups is 1. The predicted molar refractivity (Wildman–Crippen MR) is 62.4 cm³/mol. The maximum absolute atomic E-state index is 12.4. The zero-order valence-corrected chi connectivity index (χ0v) is 10.3. The van der Waals surface area contributed by atoms with Gasteiger partial charge in [0.1, 0.15) is 0 Å². The molecule has 2 aromatic rings. The average Bonchev–Trinajstić information content (AvgIpc) is 3.13. The van der Waals surface area contributed by atoms with Crippen LogP contribution in [0.4, 0.5) is 13.2 Å². The van der Waals surface area contributed by atoms with Crippen molar-refractivity contribution in [2.45, 2.75) is 25.1 Å². The quantitative estimate of drug-likeness (QED) is 0.940. The first-order chi connectivity index (χ1) is 9.45. The summed E-state index contributed by atoms with van der Waals surface area (Å²) in [6.07, 6.45) is -3.15. The van der Waals surface area contributed by atoms with E-state index in [4.69, 9.17) is 0 Å². The van der Waals surface area contributed by atoms with E-state index in [1.807, 2.05) is 0 Å². The van der Waals surface area contributed by atoms with E-state index >= 15 is 0 Å². The zero-order valence-electron chi connectivity index (χ0n) is 10.3. The zero-order chi connectivity index (χ0) is 14.3. The van der Waals surface area contributed by atoms with E-state index in [1.165, 1.54) is 0 Å². The Hall–Kier alpha value is -1.89. The molecule has 1 aromatic heterocycles. The first kappa shape index (κ1) is 13.1. The maximum Gasteiger partial charge on any atom is 0.471 e. The highest BCUT2D eigenvalue weighted by Crippen LogP contribution is 2.41.